The highest BCUT2D eigenvalue weighted by Gasteiger charge is 2.37. The molecular formula is C20H20N2O3. The predicted octanol–water partition coefficient (Wildman–Crippen LogP) is 3.29. The minimum atomic E-state index is -0.452. The van der Waals surface area contributed by atoms with Crippen LogP contribution in [0.5, 0.6) is 0 Å². The summed E-state index contributed by atoms with van der Waals surface area (Å²) < 4.78 is 0. The van der Waals surface area contributed by atoms with Crippen molar-refractivity contribution in [3.63, 3.8) is 0 Å². The van der Waals surface area contributed by atoms with Crippen molar-refractivity contribution >= 4 is 23.4 Å². The molecule has 0 unspecified atom stereocenters. The summed E-state index contributed by atoms with van der Waals surface area (Å²) in [5.41, 5.74) is 2.33. The van der Waals surface area contributed by atoms with Gasteiger partial charge >= 0.3 is 6.03 Å². The topological polar surface area (TPSA) is 57.7 Å². The van der Waals surface area contributed by atoms with E-state index in [-0.39, 0.29) is 24.8 Å². The lowest BCUT2D eigenvalue weighted by molar-refractivity contribution is -0.124. The summed E-state index contributed by atoms with van der Waals surface area (Å²) in [5.74, 6) is -0.593. The van der Waals surface area contributed by atoms with Crippen LogP contribution in [0.15, 0.2) is 54.6 Å². The Hall–Kier alpha value is -2.95. The van der Waals surface area contributed by atoms with Gasteiger partial charge in [-0.1, -0.05) is 55.8 Å². The summed E-state index contributed by atoms with van der Waals surface area (Å²) >= 11 is 0. The number of hydrogen-bond acceptors (Lipinski definition) is 3. The number of ketones is 1. The number of nitrogens with zero attached hydrogens (tertiary/aromatic N) is 2. The van der Waals surface area contributed by atoms with Gasteiger partial charge in [0.2, 0.25) is 0 Å². The molecule has 3 rings (SSSR count). The zero-order chi connectivity index (χ0) is 17.8. The molecule has 128 valence electrons. The van der Waals surface area contributed by atoms with Gasteiger partial charge in [-0.2, -0.15) is 0 Å². The first-order valence-electron chi connectivity index (χ1n) is 8.39. The Morgan fingerprint density at radius 3 is 2.32 bits per heavy atom. The predicted molar refractivity (Wildman–Crippen MR) is 95.7 cm³/mol. The maximum Gasteiger partial charge on any atom is 0.332 e. The van der Waals surface area contributed by atoms with Crippen LogP contribution in [-0.4, -0.2) is 35.7 Å². The van der Waals surface area contributed by atoms with Crippen molar-refractivity contribution in [2.75, 3.05) is 18.0 Å². The molecule has 1 saturated heterocycles. The highest BCUT2D eigenvalue weighted by Crippen LogP contribution is 2.21. The van der Waals surface area contributed by atoms with Crippen LogP contribution in [0.25, 0.3) is 0 Å². The average Bonchev–Trinajstić information content (AvgIpc) is 2.91. The number of para-hydroxylation sites is 1. The molecule has 3 amide bonds. The van der Waals surface area contributed by atoms with Crippen LogP contribution in [0.1, 0.15) is 29.3 Å². The van der Waals surface area contributed by atoms with Gasteiger partial charge in [0.05, 0.1) is 6.54 Å². The smallest absolute Gasteiger partial charge is 0.292 e. The molecule has 1 aliphatic rings. The molecule has 0 atom stereocenters. The van der Waals surface area contributed by atoms with Crippen LogP contribution in [-0.2, 0) is 11.2 Å². The van der Waals surface area contributed by atoms with Crippen molar-refractivity contribution in [3.8, 4) is 0 Å². The Morgan fingerprint density at radius 2 is 1.68 bits per heavy atom. The summed E-state index contributed by atoms with van der Waals surface area (Å²) in [7, 11) is 0. The first-order valence-corrected chi connectivity index (χ1v) is 8.39. The number of anilines is 1. The molecule has 5 nitrogen and oxygen atoms in total. The summed E-state index contributed by atoms with van der Waals surface area (Å²) in [5, 5.41) is 0. The molecule has 0 N–H and O–H groups in total. The van der Waals surface area contributed by atoms with Crippen molar-refractivity contribution in [1.29, 1.82) is 0 Å². The summed E-state index contributed by atoms with van der Waals surface area (Å²) in [6, 6.07) is 15.9. The minimum Gasteiger partial charge on any atom is -0.292 e. The molecule has 1 fully saturated rings. The summed E-state index contributed by atoms with van der Waals surface area (Å²) in [6.07, 6.45) is 2.00. The second kappa shape index (κ2) is 7.30. The van der Waals surface area contributed by atoms with Crippen molar-refractivity contribution in [3.05, 3.63) is 65.7 Å². The van der Waals surface area contributed by atoms with Gasteiger partial charge in [0.15, 0.2) is 5.78 Å². The van der Waals surface area contributed by atoms with E-state index < -0.39 is 6.03 Å². The molecule has 0 bridgehead atoms. The van der Waals surface area contributed by atoms with Crippen LogP contribution in [0.3, 0.4) is 0 Å². The Morgan fingerprint density at radius 1 is 1.00 bits per heavy atom. The number of amides is 3. The fourth-order valence-corrected chi connectivity index (χ4v) is 2.89. The number of rotatable bonds is 6. The normalized spacial score (nSPS) is 14.3. The van der Waals surface area contributed by atoms with E-state index in [2.05, 4.69) is 6.92 Å². The third-order valence-corrected chi connectivity index (χ3v) is 4.24. The molecule has 5 heteroatoms. The van der Waals surface area contributed by atoms with E-state index in [1.807, 2.05) is 18.2 Å². The van der Waals surface area contributed by atoms with Gasteiger partial charge in [0.1, 0.15) is 6.54 Å². The number of carbonyl (C=O) groups excluding carboxylic acids is 3. The van der Waals surface area contributed by atoms with E-state index in [9.17, 15) is 14.4 Å². The Bertz CT molecular complexity index is 784. The summed E-state index contributed by atoms with van der Waals surface area (Å²) in [4.78, 5) is 39.5. The first-order chi connectivity index (χ1) is 12.1. The van der Waals surface area contributed by atoms with Crippen molar-refractivity contribution in [1.82, 2.24) is 4.90 Å². The lowest BCUT2D eigenvalue weighted by atomic mass is 10.1. The number of carbonyl (C=O) groups is 3. The SMILES string of the molecule is CCCc1ccc(C(=O)CN2C(=O)CN(c3ccccc3)C2=O)cc1. The van der Waals surface area contributed by atoms with E-state index in [0.29, 0.717) is 11.3 Å². The van der Waals surface area contributed by atoms with Crippen molar-refractivity contribution in [2.45, 2.75) is 19.8 Å². The van der Waals surface area contributed by atoms with Gasteiger partial charge in [-0.15, -0.1) is 0 Å². The van der Waals surface area contributed by atoms with Gasteiger partial charge in [0.25, 0.3) is 5.91 Å². The fraction of sp³-hybridized carbons (Fsp3) is 0.250. The zero-order valence-electron chi connectivity index (χ0n) is 14.1. The third-order valence-electron chi connectivity index (χ3n) is 4.24. The molecule has 2 aromatic carbocycles. The van der Waals surface area contributed by atoms with E-state index in [4.69, 9.17) is 0 Å². The van der Waals surface area contributed by atoms with Gasteiger partial charge in [0, 0.05) is 11.3 Å². The second-order valence-corrected chi connectivity index (χ2v) is 6.05. The average molecular weight is 336 g/mol. The lowest BCUT2D eigenvalue weighted by Crippen LogP contribution is -2.37. The molecule has 0 aromatic heterocycles. The molecule has 0 spiro atoms. The van der Waals surface area contributed by atoms with Crippen LogP contribution < -0.4 is 4.90 Å². The molecule has 1 aliphatic heterocycles. The van der Waals surface area contributed by atoms with Crippen LogP contribution in [0, 0.1) is 0 Å². The van der Waals surface area contributed by atoms with Gasteiger partial charge in [-0.3, -0.25) is 19.4 Å². The Labute approximate surface area is 146 Å². The number of hydrogen-bond donors (Lipinski definition) is 0. The molecular weight excluding hydrogens is 316 g/mol. The minimum absolute atomic E-state index is 0.0361. The maximum atomic E-state index is 12.5. The van der Waals surface area contributed by atoms with Crippen LogP contribution in [0.4, 0.5) is 10.5 Å². The number of aryl methyl sites for hydroxylation is 1. The molecule has 25 heavy (non-hydrogen) atoms. The third kappa shape index (κ3) is 3.60. The van der Waals surface area contributed by atoms with E-state index in [1.165, 1.54) is 10.5 Å². The Kier molecular flexibility index (Phi) is 4.93. The quantitative estimate of drug-likeness (QED) is 0.601. The first kappa shape index (κ1) is 16.9. The lowest BCUT2D eigenvalue weighted by Gasteiger charge is -2.16. The fourth-order valence-electron chi connectivity index (χ4n) is 2.89. The number of Topliss-reactive ketones (excluding diaryl/α,β-unsaturated/α-hetero) is 1. The van der Waals surface area contributed by atoms with Crippen molar-refractivity contribution in [2.24, 2.45) is 0 Å². The van der Waals surface area contributed by atoms with E-state index >= 15 is 0 Å². The monoisotopic (exact) mass is 336 g/mol. The highest BCUT2D eigenvalue weighted by molar-refractivity contribution is 6.15. The standard InChI is InChI=1S/C20H20N2O3/c1-2-6-15-9-11-16(12-10-15)18(23)13-22-19(24)14-21(20(22)25)17-7-4-3-5-8-17/h3-5,7-12H,2,6,13-14H2,1H3. The molecule has 1 heterocycles. The van der Waals surface area contributed by atoms with Gasteiger partial charge in [-0.05, 0) is 24.1 Å². The number of imide groups is 1. The second-order valence-electron chi connectivity index (χ2n) is 6.05. The van der Waals surface area contributed by atoms with E-state index in [0.717, 1.165) is 17.7 Å². The maximum absolute atomic E-state index is 12.5. The molecule has 0 saturated carbocycles. The van der Waals surface area contributed by atoms with Gasteiger partial charge in [-0.25, -0.2) is 4.79 Å². The zero-order valence-corrected chi connectivity index (χ0v) is 14.1. The molecule has 2 aromatic rings. The largest absolute Gasteiger partial charge is 0.332 e. The van der Waals surface area contributed by atoms with Crippen LogP contribution in [0.2, 0.25) is 0 Å². The van der Waals surface area contributed by atoms with Crippen molar-refractivity contribution < 1.29 is 14.4 Å². The molecule has 0 aliphatic carbocycles. The summed E-state index contributed by atoms with van der Waals surface area (Å²) in [6.45, 7) is 1.84. The number of benzene rings is 2. The van der Waals surface area contributed by atoms with Crippen LogP contribution >= 0.6 is 0 Å². The van der Waals surface area contributed by atoms with Gasteiger partial charge < -0.3 is 0 Å². The van der Waals surface area contributed by atoms with E-state index in [1.54, 1.807) is 36.4 Å². The highest BCUT2D eigenvalue weighted by atomic mass is 16.2. The molecule has 0 radical (unpaired) electrons. The Balaban J connectivity index is 1.70. The number of urea groups is 1.